The Bertz CT molecular complexity index is 1200. The molecule has 0 aliphatic carbocycles. The highest BCUT2D eigenvalue weighted by atomic mass is 19.1. The first-order valence-electron chi connectivity index (χ1n) is 10.4. The molecule has 4 rings (SSSR count). The second-order valence-corrected chi connectivity index (χ2v) is 8.41. The van der Waals surface area contributed by atoms with Gasteiger partial charge in [-0.05, 0) is 25.8 Å². The summed E-state index contributed by atoms with van der Waals surface area (Å²) in [4.78, 5) is 40.2. The topological polar surface area (TPSA) is 101 Å². The van der Waals surface area contributed by atoms with Crippen molar-refractivity contribution in [3.05, 3.63) is 63.1 Å². The molecule has 0 unspecified atom stereocenters. The van der Waals surface area contributed by atoms with Crippen molar-refractivity contribution in [2.45, 2.75) is 43.9 Å². The molecule has 1 aromatic heterocycles. The van der Waals surface area contributed by atoms with Gasteiger partial charge in [-0.2, -0.15) is 0 Å². The number of pyridine rings is 1. The minimum atomic E-state index is -1.22. The number of ether oxygens (including phenoxy) is 1. The van der Waals surface area contributed by atoms with E-state index in [0.717, 1.165) is 6.07 Å². The van der Waals surface area contributed by atoms with Crippen LogP contribution in [0.5, 0.6) is 5.75 Å². The van der Waals surface area contributed by atoms with Crippen molar-refractivity contribution < 1.29 is 28.2 Å². The van der Waals surface area contributed by atoms with Crippen LogP contribution < -0.4 is 10.7 Å². The Morgan fingerprint density at radius 3 is 2.76 bits per heavy atom. The van der Waals surface area contributed by atoms with E-state index in [1.165, 1.54) is 28.8 Å². The van der Waals surface area contributed by atoms with Gasteiger partial charge in [-0.25, -0.2) is 8.78 Å². The van der Waals surface area contributed by atoms with Gasteiger partial charge in [-0.1, -0.05) is 6.07 Å². The number of halogens is 2. The number of aromatic nitrogens is 1. The second-order valence-electron chi connectivity index (χ2n) is 8.41. The summed E-state index contributed by atoms with van der Waals surface area (Å²) in [5.41, 5.74) is -2.96. The van der Waals surface area contributed by atoms with Gasteiger partial charge in [-0.3, -0.25) is 14.4 Å². The molecule has 0 spiro atoms. The Morgan fingerprint density at radius 1 is 1.36 bits per heavy atom. The van der Waals surface area contributed by atoms with Crippen molar-refractivity contribution in [3.63, 3.8) is 0 Å². The molecular formula is C22H22BF2N3O5. The molecule has 1 saturated heterocycles. The molecule has 2 aliphatic rings. The predicted octanol–water partition coefficient (Wildman–Crippen LogP) is 1.45. The van der Waals surface area contributed by atoms with E-state index in [9.17, 15) is 28.3 Å². The summed E-state index contributed by atoms with van der Waals surface area (Å²) in [5, 5.41) is 13.0. The third-order valence-corrected chi connectivity index (χ3v) is 6.51. The number of aromatic hydroxyl groups is 1. The van der Waals surface area contributed by atoms with Gasteiger partial charge in [0.2, 0.25) is 5.43 Å². The lowest BCUT2D eigenvalue weighted by Gasteiger charge is -2.43. The number of benzene rings is 1. The highest BCUT2D eigenvalue weighted by Gasteiger charge is 2.47. The van der Waals surface area contributed by atoms with Crippen molar-refractivity contribution in [1.82, 2.24) is 14.8 Å². The van der Waals surface area contributed by atoms with Crippen molar-refractivity contribution >= 4 is 19.7 Å². The minimum absolute atomic E-state index is 0.0102. The molecule has 2 aromatic rings. The van der Waals surface area contributed by atoms with Gasteiger partial charge in [0.25, 0.3) is 11.8 Å². The first-order valence-corrected chi connectivity index (χ1v) is 10.4. The number of amides is 2. The molecule has 1 fully saturated rings. The molecule has 2 bridgehead atoms. The van der Waals surface area contributed by atoms with Crippen LogP contribution >= 0.6 is 0 Å². The van der Waals surface area contributed by atoms with E-state index >= 15 is 0 Å². The molecular weight excluding hydrogens is 435 g/mol. The molecule has 2 amide bonds. The fourth-order valence-electron chi connectivity index (χ4n) is 4.43. The van der Waals surface area contributed by atoms with Gasteiger partial charge in [0.05, 0.1) is 6.04 Å². The average Bonchev–Trinajstić information content (AvgIpc) is 2.89. The van der Waals surface area contributed by atoms with Crippen molar-refractivity contribution in [1.29, 1.82) is 0 Å². The molecule has 2 N–H and O–H groups in total. The number of fused-ring (bicyclic) bond motifs is 4. The summed E-state index contributed by atoms with van der Waals surface area (Å²) in [6.45, 7) is 1.69. The number of nitrogens with zero attached hydrogens (tertiary/aromatic N) is 2. The van der Waals surface area contributed by atoms with E-state index in [2.05, 4.69) is 5.32 Å². The first kappa shape index (κ1) is 23.0. The van der Waals surface area contributed by atoms with Crippen LogP contribution in [-0.2, 0) is 11.3 Å². The first-order chi connectivity index (χ1) is 15.6. The Morgan fingerprint density at radius 2 is 2.09 bits per heavy atom. The number of carbonyl (C=O) groups is 2. The molecule has 3 atom stereocenters. The zero-order chi connectivity index (χ0) is 24.1. The van der Waals surface area contributed by atoms with Crippen LogP contribution in [0.25, 0.3) is 0 Å². The molecule has 0 saturated carbocycles. The fraction of sp³-hybridized carbons (Fsp3) is 0.409. The van der Waals surface area contributed by atoms with E-state index in [-0.39, 0.29) is 30.4 Å². The Kier molecular flexibility index (Phi) is 5.77. The summed E-state index contributed by atoms with van der Waals surface area (Å²) >= 11 is 0. The standard InChI is InChI=1S/C22H22BF2N3O5/c1-11-5-6-22(23,33-2)16-10-27(11)21(32)17-19(30)18(29)14(9-28(16)17)20(31)26-8-12-3-4-13(24)7-15(12)25/h3-4,7,9,11,16,30H,5-6,8,10H2,1-2H3,(H,26,31)/t11-,16+,22-/m0/s1. The lowest BCUT2D eigenvalue weighted by atomic mass is 9.71. The van der Waals surface area contributed by atoms with E-state index < -0.39 is 51.7 Å². The summed E-state index contributed by atoms with van der Waals surface area (Å²) < 4.78 is 33.9. The Balaban J connectivity index is 1.74. The van der Waals surface area contributed by atoms with Crippen molar-refractivity contribution in [2.24, 2.45) is 0 Å². The zero-order valence-corrected chi connectivity index (χ0v) is 18.1. The molecule has 2 radical (unpaired) electrons. The van der Waals surface area contributed by atoms with E-state index in [4.69, 9.17) is 12.6 Å². The zero-order valence-electron chi connectivity index (χ0n) is 18.1. The maximum atomic E-state index is 13.9. The van der Waals surface area contributed by atoms with Gasteiger partial charge >= 0.3 is 0 Å². The third kappa shape index (κ3) is 3.80. The predicted molar refractivity (Wildman–Crippen MR) is 114 cm³/mol. The normalized spacial score (nSPS) is 24.2. The SMILES string of the molecule is [B][C@]1(OC)CC[C@H](C)N2C[C@H]1n1cc(C(=O)NCc3ccc(F)cc3F)c(=O)c(O)c1C2=O. The highest BCUT2D eigenvalue weighted by Crippen LogP contribution is 2.40. The molecule has 8 nitrogen and oxygen atoms in total. The number of hydrogen-bond donors (Lipinski definition) is 2. The van der Waals surface area contributed by atoms with Crippen LogP contribution in [-0.4, -0.2) is 59.4 Å². The third-order valence-electron chi connectivity index (χ3n) is 6.51. The van der Waals surface area contributed by atoms with Crippen LogP contribution in [0.15, 0.2) is 29.2 Å². The molecule has 1 aromatic carbocycles. The van der Waals surface area contributed by atoms with Crippen molar-refractivity contribution in [3.8, 4) is 5.75 Å². The largest absolute Gasteiger partial charge is 0.503 e. The molecule has 172 valence electrons. The number of methoxy groups -OCH3 is 1. The Hall–Kier alpha value is -3.21. The number of rotatable bonds is 4. The van der Waals surface area contributed by atoms with Gasteiger partial charge < -0.3 is 24.6 Å². The second kappa shape index (κ2) is 8.29. The number of carbonyl (C=O) groups excluding carboxylic acids is 2. The van der Waals surface area contributed by atoms with E-state index in [0.29, 0.717) is 18.9 Å². The lowest BCUT2D eigenvalue weighted by molar-refractivity contribution is 0.00370. The fourth-order valence-corrected chi connectivity index (χ4v) is 4.43. The van der Waals surface area contributed by atoms with E-state index in [1.807, 2.05) is 6.92 Å². The maximum absolute atomic E-state index is 13.9. The highest BCUT2D eigenvalue weighted by molar-refractivity contribution is 6.15. The van der Waals surface area contributed by atoms with Gasteiger partial charge in [-0.15, -0.1) is 0 Å². The van der Waals surface area contributed by atoms with Crippen LogP contribution in [0.4, 0.5) is 8.78 Å². The van der Waals surface area contributed by atoms with Crippen LogP contribution in [0.1, 0.15) is 52.2 Å². The van der Waals surface area contributed by atoms with E-state index in [1.54, 1.807) is 0 Å². The minimum Gasteiger partial charge on any atom is -0.503 e. The smallest absolute Gasteiger partial charge is 0.274 e. The number of nitrogens with one attached hydrogen (secondary N) is 1. The Labute approximate surface area is 189 Å². The monoisotopic (exact) mass is 457 g/mol. The summed E-state index contributed by atoms with van der Waals surface area (Å²) in [6.07, 6.45) is 2.11. The van der Waals surface area contributed by atoms with Gasteiger partial charge in [0.1, 0.15) is 25.0 Å². The average molecular weight is 457 g/mol. The van der Waals surface area contributed by atoms with Gasteiger partial charge in [0, 0.05) is 49.6 Å². The van der Waals surface area contributed by atoms with Gasteiger partial charge in [0.15, 0.2) is 11.4 Å². The maximum Gasteiger partial charge on any atom is 0.274 e. The van der Waals surface area contributed by atoms with Crippen LogP contribution in [0, 0.1) is 11.6 Å². The molecule has 33 heavy (non-hydrogen) atoms. The van der Waals surface area contributed by atoms with Crippen LogP contribution in [0.2, 0.25) is 0 Å². The van der Waals surface area contributed by atoms with Crippen LogP contribution in [0.3, 0.4) is 0 Å². The summed E-state index contributed by atoms with van der Waals surface area (Å²) in [5.74, 6) is -3.94. The molecule has 11 heteroatoms. The number of hydrogen-bond acceptors (Lipinski definition) is 5. The van der Waals surface area contributed by atoms with Crippen molar-refractivity contribution in [2.75, 3.05) is 13.7 Å². The summed E-state index contributed by atoms with van der Waals surface area (Å²) in [7, 11) is 7.93. The quantitative estimate of drug-likeness (QED) is 0.678. The molecule has 2 aliphatic heterocycles. The molecule has 3 heterocycles. The summed E-state index contributed by atoms with van der Waals surface area (Å²) in [6, 6.07) is 2.02. The lowest BCUT2D eigenvalue weighted by Crippen LogP contribution is -2.53.